The van der Waals surface area contributed by atoms with E-state index >= 15 is 0 Å². The molecule has 0 aliphatic rings. The average Bonchev–Trinajstić information content (AvgIpc) is 2.31. The second kappa shape index (κ2) is 5.15. The van der Waals surface area contributed by atoms with E-state index in [1.165, 1.54) is 0 Å². The van der Waals surface area contributed by atoms with E-state index in [0.717, 1.165) is 29.6 Å². The van der Waals surface area contributed by atoms with Crippen LogP contribution in [-0.2, 0) is 0 Å². The van der Waals surface area contributed by atoms with E-state index in [2.05, 4.69) is 31.1 Å². The van der Waals surface area contributed by atoms with E-state index in [4.69, 9.17) is 11.6 Å². The minimum absolute atomic E-state index is 0.341. The molecule has 2 aromatic rings. The van der Waals surface area contributed by atoms with E-state index in [1.54, 1.807) is 6.20 Å². The maximum atomic E-state index is 6.15. The van der Waals surface area contributed by atoms with Crippen LogP contribution in [-0.4, -0.2) is 11.5 Å². The van der Waals surface area contributed by atoms with Crippen LogP contribution in [0.3, 0.4) is 0 Å². The van der Waals surface area contributed by atoms with Crippen molar-refractivity contribution in [3.8, 4) is 0 Å². The van der Waals surface area contributed by atoms with Gasteiger partial charge in [-0.1, -0.05) is 32.4 Å². The fourth-order valence-corrected chi connectivity index (χ4v) is 2.08. The summed E-state index contributed by atoms with van der Waals surface area (Å²) in [6.07, 6.45) is 2.89. The molecule has 3 heteroatoms. The van der Waals surface area contributed by atoms with Crippen molar-refractivity contribution in [3.63, 3.8) is 0 Å². The maximum absolute atomic E-state index is 6.15. The van der Waals surface area contributed by atoms with Crippen LogP contribution in [0.5, 0.6) is 0 Å². The normalized spacial score (nSPS) is 11.8. The molecule has 1 aromatic heterocycles. The summed E-state index contributed by atoms with van der Waals surface area (Å²) in [5.41, 5.74) is 2.31. The van der Waals surface area contributed by atoms with Crippen molar-refractivity contribution in [1.82, 2.24) is 4.98 Å². The molecule has 0 unspecified atom stereocenters. The molecule has 0 amide bonds. The number of nitrogens with one attached hydrogen (secondary N) is 1. The standard InChI is InChI=1S/C15H19ClN2/c1-15(2,3)8-10-17-13-7-6-12(16)14-11(13)5-4-9-18-14/h4-7,9,17H,8,10H2,1-3H3. The number of hydrogen-bond donors (Lipinski definition) is 1. The van der Waals surface area contributed by atoms with Crippen molar-refractivity contribution in [1.29, 1.82) is 0 Å². The second-order valence-corrected chi connectivity index (χ2v) is 6.14. The van der Waals surface area contributed by atoms with Crippen LogP contribution in [0.2, 0.25) is 5.02 Å². The zero-order chi connectivity index (χ0) is 13.2. The number of hydrogen-bond acceptors (Lipinski definition) is 2. The zero-order valence-corrected chi connectivity index (χ0v) is 11.9. The summed E-state index contributed by atoms with van der Waals surface area (Å²) in [5, 5.41) is 5.26. The van der Waals surface area contributed by atoms with Gasteiger partial charge in [-0.05, 0) is 36.1 Å². The van der Waals surface area contributed by atoms with E-state index in [0.29, 0.717) is 10.4 Å². The molecule has 0 aliphatic heterocycles. The first kappa shape index (κ1) is 13.2. The minimum atomic E-state index is 0.341. The second-order valence-electron chi connectivity index (χ2n) is 5.73. The lowest BCUT2D eigenvalue weighted by Gasteiger charge is -2.19. The molecule has 0 saturated heterocycles. The molecule has 0 fully saturated rings. The van der Waals surface area contributed by atoms with Gasteiger partial charge in [0, 0.05) is 23.8 Å². The molecular formula is C15H19ClN2. The summed E-state index contributed by atoms with van der Waals surface area (Å²) in [5.74, 6) is 0. The van der Waals surface area contributed by atoms with Gasteiger partial charge in [0.25, 0.3) is 0 Å². The largest absolute Gasteiger partial charge is 0.384 e. The Kier molecular flexibility index (Phi) is 3.76. The molecule has 1 aromatic carbocycles. The van der Waals surface area contributed by atoms with Crippen molar-refractivity contribution in [2.75, 3.05) is 11.9 Å². The van der Waals surface area contributed by atoms with E-state index in [1.807, 2.05) is 24.3 Å². The van der Waals surface area contributed by atoms with E-state index in [9.17, 15) is 0 Å². The molecule has 18 heavy (non-hydrogen) atoms. The molecule has 1 heterocycles. The molecule has 0 aliphatic carbocycles. The summed E-state index contributed by atoms with van der Waals surface area (Å²) >= 11 is 6.15. The van der Waals surface area contributed by atoms with Gasteiger partial charge in [0.05, 0.1) is 10.5 Å². The van der Waals surface area contributed by atoms with E-state index in [-0.39, 0.29) is 0 Å². The molecule has 2 rings (SSSR count). The van der Waals surface area contributed by atoms with Crippen LogP contribution >= 0.6 is 11.6 Å². The summed E-state index contributed by atoms with van der Waals surface area (Å²) in [6.45, 7) is 7.69. The van der Waals surface area contributed by atoms with Crippen LogP contribution in [0, 0.1) is 5.41 Å². The van der Waals surface area contributed by atoms with Crippen molar-refractivity contribution in [2.24, 2.45) is 5.41 Å². The van der Waals surface area contributed by atoms with Crippen LogP contribution in [0.4, 0.5) is 5.69 Å². The number of rotatable bonds is 3. The van der Waals surface area contributed by atoms with Crippen molar-refractivity contribution < 1.29 is 0 Å². The highest BCUT2D eigenvalue weighted by Gasteiger charge is 2.10. The Balaban J connectivity index is 2.21. The van der Waals surface area contributed by atoms with E-state index < -0.39 is 0 Å². The number of halogens is 1. The summed E-state index contributed by atoms with van der Waals surface area (Å²) in [6, 6.07) is 7.91. The first-order chi connectivity index (χ1) is 8.47. The third-order valence-electron chi connectivity index (χ3n) is 2.91. The Labute approximate surface area is 113 Å². The number of pyridine rings is 1. The summed E-state index contributed by atoms with van der Waals surface area (Å²) in [7, 11) is 0. The average molecular weight is 263 g/mol. The highest BCUT2D eigenvalue weighted by molar-refractivity contribution is 6.35. The first-order valence-corrected chi connectivity index (χ1v) is 6.62. The lowest BCUT2D eigenvalue weighted by atomic mass is 9.92. The van der Waals surface area contributed by atoms with Crippen LogP contribution in [0.15, 0.2) is 30.5 Å². The number of anilines is 1. The monoisotopic (exact) mass is 262 g/mol. The molecular weight excluding hydrogens is 244 g/mol. The predicted octanol–water partition coefficient (Wildman–Crippen LogP) is 4.74. The van der Waals surface area contributed by atoms with Crippen molar-refractivity contribution in [2.45, 2.75) is 27.2 Å². The highest BCUT2D eigenvalue weighted by Crippen LogP contribution is 2.28. The van der Waals surface area contributed by atoms with Crippen LogP contribution < -0.4 is 5.32 Å². The fraction of sp³-hybridized carbons (Fsp3) is 0.400. The Bertz CT molecular complexity index is 544. The summed E-state index contributed by atoms with van der Waals surface area (Å²) < 4.78 is 0. The van der Waals surface area contributed by atoms with Crippen molar-refractivity contribution in [3.05, 3.63) is 35.5 Å². The Hall–Kier alpha value is -1.28. The number of aromatic nitrogens is 1. The molecule has 1 N–H and O–H groups in total. The smallest absolute Gasteiger partial charge is 0.0908 e. The lowest BCUT2D eigenvalue weighted by molar-refractivity contribution is 0.390. The Morgan fingerprint density at radius 1 is 1.22 bits per heavy atom. The zero-order valence-electron chi connectivity index (χ0n) is 11.1. The van der Waals surface area contributed by atoms with Gasteiger partial charge in [-0.15, -0.1) is 0 Å². The van der Waals surface area contributed by atoms with Gasteiger partial charge in [0.15, 0.2) is 0 Å². The number of nitrogens with zero attached hydrogens (tertiary/aromatic N) is 1. The molecule has 0 saturated carbocycles. The van der Waals surface area contributed by atoms with Gasteiger partial charge >= 0.3 is 0 Å². The molecule has 2 nitrogen and oxygen atoms in total. The van der Waals surface area contributed by atoms with Gasteiger partial charge in [-0.2, -0.15) is 0 Å². The fourth-order valence-electron chi connectivity index (χ4n) is 1.86. The molecule has 0 atom stereocenters. The predicted molar refractivity (Wildman–Crippen MR) is 79.3 cm³/mol. The third kappa shape index (κ3) is 3.14. The summed E-state index contributed by atoms with van der Waals surface area (Å²) in [4.78, 5) is 4.33. The number of benzene rings is 1. The van der Waals surface area contributed by atoms with Gasteiger partial charge in [-0.3, -0.25) is 4.98 Å². The first-order valence-electron chi connectivity index (χ1n) is 6.24. The minimum Gasteiger partial charge on any atom is -0.384 e. The topological polar surface area (TPSA) is 24.9 Å². The molecule has 96 valence electrons. The lowest BCUT2D eigenvalue weighted by Crippen LogP contribution is -2.13. The van der Waals surface area contributed by atoms with Crippen LogP contribution in [0.25, 0.3) is 10.9 Å². The Morgan fingerprint density at radius 2 is 2.00 bits per heavy atom. The van der Waals surface area contributed by atoms with Gasteiger partial charge in [-0.25, -0.2) is 0 Å². The van der Waals surface area contributed by atoms with Gasteiger partial charge in [0.2, 0.25) is 0 Å². The van der Waals surface area contributed by atoms with Crippen molar-refractivity contribution >= 4 is 28.2 Å². The molecule has 0 radical (unpaired) electrons. The quantitative estimate of drug-likeness (QED) is 0.864. The highest BCUT2D eigenvalue weighted by atomic mass is 35.5. The van der Waals surface area contributed by atoms with Gasteiger partial charge in [0.1, 0.15) is 0 Å². The SMILES string of the molecule is CC(C)(C)CCNc1ccc(Cl)c2ncccc12. The van der Waals surface area contributed by atoms with Gasteiger partial charge < -0.3 is 5.32 Å². The van der Waals surface area contributed by atoms with Crippen LogP contribution in [0.1, 0.15) is 27.2 Å². The molecule has 0 spiro atoms. The third-order valence-corrected chi connectivity index (χ3v) is 3.22. The Morgan fingerprint density at radius 3 is 2.72 bits per heavy atom. The maximum Gasteiger partial charge on any atom is 0.0908 e. The molecule has 0 bridgehead atoms. The number of fused-ring (bicyclic) bond motifs is 1.